The molecule has 0 amide bonds. The zero-order chi connectivity index (χ0) is 16.2. The molecule has 1 aromatic rings. The Morgan fingerprint density at radius 2 is 2.09 bits per heavy atom. The fourth-order valence-corrected chi connectivity index (χ4v) is 2.42. The Balaban J connectivity index is 1.80. The minimum atomic E-state index is -4.29. The number of hydrogen-bond acceptors (Lipinski definition) is 3. The molecule has 1 unspecified atom stereocenters. The van der Waals surface area contributed by atoms with Crippen molar-refractivity contribution in [3.8, 4) is 0 Å². The van der Waals surface area contributed by atoms with Gasteiger partial charge in [-0.25, -0.2) is 0 Å². The number of alkyl halides is 3. The maximum absolute atomic E-state index is 12.7. The molecule has 2 N–H and O–H groups in total. The molecule has 0 spiro atoms. The first-order valence-corrected chi connectivity index (χ1v) is 7.43. The number of aliphatic hydroxyl groups excluding tert-OH is 1. The highest BCUT2D eigenvalue weighted by atomic mass is 19.4. The fourth-order valence-electron chi connectivity index (χ4n) is 2.42. The van der Waals surface area contributed by atoms with Gasteiger partial charge in [-0.3, -0.25) is 0 Å². The molecule has 22 heavy (non-hydrogen) atoms. The largest absolute Gasteiger partial charge is 0.416 e. The molecular formula is C16H22F3NO2. The molecule has 2 rings (SSSR count). The predicted molar refractivity (Wildman–Crippen MR) is 77.6 cm³/mol. The second-order valence-corrected chi connectivity index (χ2v) is 6.17. The van der Waals surface area contributed by atoms with Crippen molar-refractivity contribution >= 4 is 0 Å². The summed E-state index contributed by atoms with van der Waals surface area (Å²) in [6, 6.07) is 5.63. The van der Waals surface area contributed by atoms with Crippen molar-refractivity contribution in [1.82, 2.24) is 5.32 Å². The number of benzene rings is 1. The molecule has 124 valence electrons. The summed E-state index contributed by atoms with van der Waals surface area (Å²) >= 11 is 0. The van der Waals surface area contributed by atoms with Gasteiger partial charge in [0.15, 0.2) is 0 Å². The molecule has 0 bridgehead atoms. The van der Waals surface area contributed by atoms with E-state index in [2.05, 4.69) is 5.32 Å². The van der Waals surface area contributed by atoms with E-state index in [-0.39, 0.29) is 18.1 Å². The van der Waals surface area contributed by atoms with Crippen LogP contribution in [0.1, 0.15) is 24.5 Å². The van der Waals surface area contributed by atoms with Gasteiger partial charge in [-0.05, 0) is 31.4 Å². The van der Waals surface area contributed by atoms with Crippen molar-refractivity contribution in [2.75, 3.05) is 26.4 Å². The van der Waals surface area contributed by atoms with Crippen LogP contribution in [0.4, 0.5) is 13.2 Å². The van der Waals surface area contributed by atoms with E-state index in [4.69, 9.17) is 4.74 Å². The van der Waals surface area contributed by atoms with Gasteiger partial charge in [0, 0.05) is 12.6 Å². The maximum Gasteiger partial charge on any atom is 0.416 e. The second-order valence-electron chi connectivity index (χ2n) is 6.17. The van der Waals surface area contributed by atoms with Crippen LogP contribution in [-0.4, -0.2) is 37.5 Å². The van der Waals surface area contributed by atoms with Crippen molar-refractivity contribution in [1.29, 1.82) is 0 Å². The van der Waals surface area contributed by atoms with Crippen LogP contribution >= 0.6 is 0 Å². The summed E-state index contributed by atoms with van der Waals surface area (Å²) in [4.78, 5) is 0. The highest BCUT2D eigenvalue weighted by Crippen LogP contribution is 2.30. The van der Waals surface area contributed by atoms with Gasteiger partial charge in [-0.1, -0.05) is 18.2 Å². The van der Waals surface area contributed by atoms with Gasteiger partial charge in [-0.2, -0.15) is 13.2 Å². The average Bonchev–Trinajstić information content (AvgIpc) is 2.44. The summed E-state index contributed by atoms with van der Waals surface area (Å²) < 4.78 is 43.1. The van der Waals surface area contributed by atoms with Crippen LogP contribution in [-0.2, 0) is 17.3 Å². The minimum absolute atomic E-state index is 0.0837. The van der Waals surface area contributed by atoms with Gasteiger partial charge < -0.3 is 15.2 Å². The van der Waals surface area contributed by atoms with Crippen LogP contribution in [0.2, 0.25) is 0 Å². The lowest BCUT2D eigenvalue weighted by Crippen LogP contribution is -2.53. The van der Waals surface area contributed by atoms with Gasteiger partial charge in [0.2, 0.25) is 0 Å². The highest BCUT2D eigenvalue weighted by molar-refractivity contribution is 5.25. The molecule has 1 fully saturated rings. The smallest absolute Gasteiger partial charge is 0.396 e. The van der Waals surface area contributed by atoms with Gasteiger partial charge in [0.25, 0.3) is 0 Å². The monoisotopic (exact) mass is 317 g/mol. The van der Waals surface area contributed by atoms with Crippen molar-refractivity contribution < 1.29 is 23.0 Å². The van der Waals surface area contributed by atoms with E-state index in [0.29, 0.717) is 31.7 Å². The lowest BCUT2D eigenvalue weighted by Gasteiger charge is -2.40. The Kier molecular flexibility index (Phi) is 5.47. The molecule has 6 heteroatoms. The Hall–Kier alpha value is -1.11. The van der Waals surface area contributed by atoms with Gasteiger partial charge in [0.1, 0.15) is 0 Å². The van der Waals surface area contributed by atoms with Crippen LogP contribution in [0.25, 0.3) is 0 Å². The second kappa shape index (κ2) is 6.98. The zero-order valence-electron chi connectivity index (χ0n) is 12.6. The predicted octanol–water partition coefficient (Wildman–Crippen LogP) is 2.63. The van der Waals surface area contributed by atoms with E-state index in [0.717, 1.165) is 12.5 Å². The van der Waals surface area contributed by atoms with Crippen LogP contribution in [0.5, 0.6) is 0 Å². The minimum Gasteiger partial charge on any atom is -0.396 e. The standard InChI is InChI=1S/C16H22F3NO2/c1-12(20-8-15(9-21)10-22-11-15)5-6-13-3-2-4-14(7-13)16(17,18)19/h2-4,7,12,20-21H,5-6,8-11H2,1H3. The first-order valence-electron chi connectivity index (χ1n) is 7.43. The Morgan fingerprint density at radius 3 is 2.64 bits per heavy atom. The summed E-state index contributed by atoms with van der Waals surface area (Å²) in [6.45, 7) is 3.85. The topological polar surface area (TPSA) is 41.5 Å². The first-order chi connectivity index (χ1) is 10.3. The Morgan fingerprint density at radius 1 is 1.36 bits per heavy atom. The normalized spacial score (nSPS) is 18.8. The quantitative estimate of drug-likeness (QED) is 0.812. The Labute approximate surface area is 128 Å². The summed E-state index contributed by atoms with van der Waals surface area (Å²) in [6.07, 6.45) is -2.97. The van der Waals surface area contributed by atoms with E-state index < -0.39 is 11.7 Å². The number of aryl methyl sites for hydroxylation is 1. The van der Waals surface area contributed by atoms with E-state index >= 15 is 0 Å². The van der Waals surface area contributed by atoms with E-state index in [1.165, 1.54) is 12.1 Å². The summed E-state index contributed by atoms with van der Waals surface area (Å²) in [5.41, 5.74) is -0.103. The number of rotatable bonds is 7. The van der Waals surface area contributed by atoms with E-state index in [1.807, 2.05) is 6.92 Å². The molecule has 1 aliphatic heterocycles. The van der Waals surface area contributed by atoms with Crippen molar-refractivity contribution in [2.45, 2.75) is 32.0 Å². The molecule has 1 saturated heterocycles. The fraction of sp³-hybridized carbons (Fsp3) is 0.625. The van der Waals surface area contributed by atoms with Crippen molar-refractivity contribution in [3.63, 3.8) is 0 Å². The Bertz CT molecular complexity index is 481. The summed E-state index contributed by atoms with van der Waals surface area (Å²) in [5, 5.41) is 12.7. The summed E-state index contributed by atoms with van der Waals surface area (Å²) in [5.74, 6) is 0. The van der Waals surface area contributed by atoms with E-state index in [9.17, 15) is 18.3 Å². The van der Waals surface area contributed by atoms with Crippen LogP contribution in [0.15, 0.2) is 24.3 Å². The number of hydrogen-bond donors (Lipinski definition) is 2. The SMILES string of the molecule is CC(CCc1cccc(C(F)(F)F)c1)NCC1(CO)COC1. The number of ether oxygens (including phenoxy) is 1. The average molecular weight is 317 g/mol. The van der Waals surface area contributed by atoms with Crippen molar-refractivity contribution in [2.24, 2.45) is 5.41 Å². The number of nitrogens with one attached hydrogen (secondary N) is 1. The first kappa shape index (κ1) is 17.2. The van der Waals surface area contributed by atoms with E-state index in [1.54, 1.807) is 6.07 Å². The molecule has 1 aliphatic rings. The molecule has 1 aromatic carbocycles. The lowest BCUT2D eigenvalue weighted by atomic mass is 9.86. The molecule has 0 aliphatic carbocycles. The van der Waals surface area contributed by atoms with Crippen LogP contribution < -0.4 is 5.32 Å². The molecule has 0 saturated carbocycles. The van der Waals surface area contributed by atoms with Crippen LogP contribution in [0.3, 0.4) is 0 Å². The number of aliphatic hydroxyl groups is 1. The molecule has 1 atom stereocenters. The number of halogens is 3. The molecule has 3 nitrogen and oxygen atoms in total. The van der Waals surface area contributed by atoms with Gasteiger partial charge >= 0.3 is 6.18 Å². The van der Waals surface area contributed by atoms with Gasteiger partial charge in [0.05, 0.1) is 30.8 Å². The molecule has 0 radical (unpaired) electrons. The van der Waals surface area contributed by atoms with Crippen molar-refractivity contribution in [3.05, 3.63) is 35.4 Å². The maximum atomic E-state index is 12.7. The third kappa shape index (κ3) is 4.44. The third-order valence-electron chi connectivity index (χ3n) is 4.10. The molecule has 0 aromatic heterocycles. The van der Waals surface area contributed by atoms with Crippen LogP contribution in [0, 0.1) is 5.41 Å². The zero-order valence-corrected chi connectivity index (χ0v) is 12.6. The third-order valence-corrected chi connectivity index (χ3v) is 4.10. The molecular weight excluding hydrogens is 295 g/mol. The molecule has 1 heterocycles. The summed E-state index contributed by atoms with van der Waals surface area (Å²) in [7, 11) is 0. The van der Waals surface area contributed by atoms with Gasteiger partial charge in [-0.15, -0.1) is 0 Å². The lowest BCUT2D eigenvalue weighted by molar-refractivity contribution is -0.137. The highest BCUT2D eigenvalue weighted by Gasteiger charge is 2.37.